The molecule has 15 heavy (non-hydrogen) atoms. The topological polar surface area (TPSA) is 55.1 Å². The van der Waals surface area contributed by atoms with Crippen LogP contribution in [0.5, 0.6) is 0 Å². The van der Waals surface area contributed by atoms with E-state index in [0.29, 0.717) is 23.1 Å². The molecule has 1 aliphatic heterocycles. The number of carbonyl (C=O) groups is 1. The Morgan fingerprint density at radius 2 is 2.40 bits per heavy atom. The minimum atomic E-state index is -0.0567. The molecule has 0 saturated carbocycles. The minimum absolute atomic E-state index is 0.0567. The molecule has 82 valence electrons. The SMILES string of the molecule is Cc1noc(C)c1C(=O)N[C@H]1CCSC1. The van der Waals surface area contributed by atoms with Crippen LogP contribution in [0.15, 0.2) is 4.52 Å². The molecule has 5 heteroatoms. The summed E-state index contributed by atoms with van der Waals surface area (Å²) in [7, 11) is 0. The smallest absolute Gasteiger partial charge is 0.257 e. The van der Waals surface area contributed by atoms with E-state index in [0.717, 1.165) is 17.9 Å². The van der Waals surface area contributed by atoms with E-state index in [4.69, 9.17) is 4.52 Å². The van der Waals surface area contributed by atoms with Crippen LogP contribution in [0, 0.1) is 13.8 Å². The zero-order chi connectivity index (χ0) is 10.8. The molecule has 0 unspecified atom stereocenters. The van der Waals surface area contributed by atoms with E-state index in [1.165, 1.54) is 0 Å². The van der Waals surface area contributed by atoms with Crippen LogP contribution in [0.4, 0.5) is 0 Å². The van der Waals surface area contributed by atoms with Gasteiger partial charge in [-0.05, 0) is 26.0 Å². The molecule has 1 aromatic rings. The fourth-order valence-corrected chi connectivity index (χ4v) is 2.87. The first-order valence-corrected chi connectivity index (χ1v) is 6.15. The van der Waals surface area contributed by atoms with Gasteiger partial charge in [-0.3, -0.25) is 4.79 Å². The van der Waals surface area contributed by atoms with Crippen molar-refractivity contribution in [2.24, 2.45) is 0 Å². The van der Waals surface area contributed by atoms with Gasteiger partial charge in [-0.25, -0.2) is 0 Å². The van der Waals surface area contributed by atoms with E-state index in [2.05, 4.69) is 10.5 Å². The van der Waals surface area contributed by atoms with Crippen LogP contribution in [-0.4, -0.2) is 28.6 Å². The van der Waals surface area contributed by atoms with Gasteiger partial charge in [0.25, 0.3) is 5.91 Å². The first-order chi connectivity index (χ1) is 7.18. The highest BCUT2D eigenvalue weighted by Gasteiger charge is 2.22. The molecular weight excluding hydrogens is 212 g/mol. The molecule has 1 amide bonds. The Morgan fingerprint density at radius 3 is 2.93 bits per heavy atom. The second-order valence-corrected chi connectivity index (χ2v) is 4.88. The number of aryl methyl sites for hydroxylation is 2. The Morgan fingerprint density at radius 1 is 1.60 bits per heavy atom. The van der Waals surface area contributed by atoms with E-state index in [1.54, 1.807) is 13.8 Å². The summed E-state index contributed by atoms with van der Waals surface area (Å²) in [4.78, 5) is 11.9. The Hall–Kier alpha value is -0.970. The van der Waals surface area contributed by atoms with Gasteiger partial charge in [0.05, 0.1) is 5.69 Å². The molecule has 1 N–H and O–H groups in total. The molecule has 1 aliphatic rings. The van der Waals surface area contributed by atoms with E-state index >= 15 is 0 Å². The fourth-order valence-electron chi connectivity index (χ4n) is 1.71. The van der Waals surface area contributed by atoms with Crippen LogP contribution in [0.2, 0.25) is 0 Å². The quantitative estimate of drug-likeness (QED) is 0.830. The van der Waals surface area contributed by atoms with Gasteiger partial charge in [0.1, 0.15) is 11.3 Å². The Bertz CT molecular complexity index is 350. The Kier molecular flexibility index (Phi) is 3.00. The predicted octanol–water partition coefficient (Wildman–Crippen LogP) is 1.53. The molecule has 4 nitrogen and oxygen atoms in total. The van der Waals surface area contributed by atoms with E-state index in [1.807, 2.05) is 11.8 Å². The minimum Gasteiger partial charge on any atom is -0.361 e. The van der Waals surface area contributed by atoms with Crippen molar-refractivity contribution in [2.45, 2.75) is 26.3 Å². The molecular formula is C10H14N2O2S. The molecule has 0 spiro atoms. The monoisotopic (exact) mass is 226 g/mol. The first kappa shape index (κ1) is 10.5. The molecule has 2 rings (SSSR count). The number of nitrogens with one attached hydrogen (secondary N) is 1. The van der Waals surface area contributed by atoms with Crippen molar-refractivity contribution in [2.75, 3.05) is 11.5 Å². The number of amides is 1. The van der Waals surface area contributed by atoms with Crippen molar-refractivity contribution in [3.8, 4) is 0 Å². The van der Waals surface area contributed by atoms with Crippen LogP contribution < -0.4 is 5.32 Å². The largest absolute Gasteiger partial charge is 0.361 e. The van der Waals surface area contributed by atoms with Crippen molar-refractivity contribution >= 4 is 17.7 Å². The molecule has 2 heterocycles. The Balaban J connectivity index is 2.07. The lowest BCUT2D eigenvalue weighted by atomic mass is 10.1. The summed E-state index contributed by atoms with van der Waals surface area (Å²) in [5.74, 6) is 2.68. The number of carbonyl (C=O) groups excluding carboxylic acids is 1. The lowest BCUT2D eigenvalue weighted by molar-refractivity contribution is 0.0939. The van der Waals surface area contributed by atoms with Crippen molar-refractivity contribution in [3.63, 3.8) is 0 Å². The van der Waals surface area contributed by atoms with Gasteiger partial charge in [0, 0.05) is 11.8 Å². The van der Waals surface area contributed by atoms with Gasteiger partial charge in [-0.1, -0.05) is 5.16 Å². The second kappa shape index (κ2) is 4.26. The van der Waals surface area contributed by atoms with Crippen molar-refractivity contribution < 1.29 is 9.32 Å². The summed E-state index contributed by atoms with van der Waals surface area (Å²) in [6.45, 7) is 3.55. The third-order valence-corrected chi connectivity index (χ3v) is 3.69. The molecule has 0 aliphatic carbocycles. The predicted molar refractivity (Wildman–Crippen MR) is 59.2 cm³/mol. The van der Waals surface area contributed by atoms with Crippen molar-refractivity contribution in [1.82, 2.24) is 10.5 Å². The normalized spacial score (nSPS) is 20.5. The summed E-state index contributed by atoms with van der Waals surface area (Å²) in [5, 5.41) is 6.77. The highest BCUT2D eigenvalue weighted by molar-refractivity contribution is 7.99. The van der Waals surface area contributed by atoms with Gasteiger partial charge in [-0.15, -0.1) is 0 Å². The average Bonchev–Trinajstić information content (AvgIpc) is 2.77. The molecule has 1 saturated heterocycles. The molecule has 0 radical (unpaired) electrons. The Labute approximate surface area is 92.8 Å². The summed E-state index contributed by atoms with van der Waals surface area (Å²) in [6.07, 6.45) is 1.06. The van der Waals surface area contributed by atoms with E-state index < -0.39 is 0 Å². The molecule has 0 aromatic carbocycles. The number of hydrogen-bond donors (Lipinski definition) is 1. The van der Waals surface area contributed by atoms with E-state index in [9.17, 15) is 4.79 Å². The van der Waals surface area contributed by atoms with E-state index in [-0.39, 0.29) is 5.91 Å². The number of rotatable bonds is 2. The van der Waals surface area contributed by atoms with Crippen molar-refractivity contribution in [1.29, 1.82) is 0 Å². The first-order valence-electron chi connectivity index (χ1n) is 5.00. The second-order valence-electron chi connectivity index (χ2n) is 3.73. The maximum atomic E-state index is 11.9. The highest BCUT2D eigenvalue weighted by Crippen LogP contribution is 2.18. The zero-order valence-corrected chi connectivity index (χ0v) is 9.69. The van der Waals surface area contributed by atoms with Crippen LogP contribution in [-0.2, 0) is 0 Å². The average molecular weight is 226 g/mol. The summed E-state index contributed by atoms with van der Waals surface area (Å²) in [5.41, 5.74) is 1.25. The lowest BCUT2D eigenvalue weighted by Gasteiger charge is -2.10. The maximum Gasteiger partial charge on any atom is 0.257 e. The van der Waals surface area contributed by atoms with Gasteiger partial charge in [-0.2, -0.15) is 11.8 Å². The van der Waals surface area contributed by atoms with Gasteiger partial charge < -0.3 is 9.84 Å². The molecule has 1 atom stereocenters. The highest BCUT2D eigenvalue weighted by atomic mass is 32.2. The lowest BCUT2D eigenvalue weighted by Crippen LogP contribution is -2.35. The third kappa shape index (κ3) is 2.17. The molecule has 1 aromatic heterocycles. The number of aromatic nitrogens is 1. The van der Waals surface area contributed by atoms with Crippen LogP contribution >= 0.6 is 11.8 Å². The number of hydrogen-bond acceptors (Lipinski definition) is 4. The molecule has 0 bridgehead atoms. The third-order valence-electron chi connectivity index (χ3n) is 2.53. The fraction of sp³-hybridized carbons (Fsp3) is 0.600. The van der Waals surface area contributed by atoms with Crippen LogP contribution in [0.1, 0.15) is 28.2 Å². The van der Waals surface area contributed by atoms with Gasteiger partial charge in [0.15, 0.2) is 0 Å². The summed E-state index contributed by atoms with van der Waals surface area (Å²) in [6, 6.07) is 0.302. The summed E-state index contributed by atoms with van der Waals surface area (Å²) < 4.78 is 4.96. The number of thioether (sulfide) groups is 1. The van der Waals surface area contributed by atoms with Gasteiger partial charge >= 0.3 is 0 Å². The summed E-state index contributed by atoms with van der Waals surface area (Å²) >= 11 is 1.88. The van der Waals surface area contributed by atoms with Crippen LogP contribution in [0.25, 0.3) is 0 Å². The van der Waals surface area contributed by atoms with Crippen molar-refractivity contribution in [3.05, 3.63) is 17.0 Å². The molecule has 1 fully saturated rings. The van der Waals surface area contributed by atoms with Crippen LogP contribution in [0.3, 0.4) is 0 Å². The zero-order valence-electron chi connectivity index (χ0n) is 8.87. The standard InChI is InChI=1S/C10H14N2O2S/c1-6-9(7(2)14-12-6)10(13)11-8-3-4-15-5-8/h8H,3-5H2,1-2H3,(H,11,13)/t8-/m0/s1. The number of nitrogens with zero attached hydrogens (tertiary/aromatic N) is 1. The maximum absolute atomic E-state index is 11.9. The van der Waals surface area contributed by atoms with Gasteiger partial charge in [0.2, 0.25) is 0 Å².